The van der Waals surface area contributed by atoms with Crippen LogP contribution in [0.3, 0.4) is 0 Å². The normalized spacial score (nSPS) is 11.1. The van der Waals surface area contributed by atoms with Crippen molar-refractivity contribution in [1.29, 1.82) is 0 Å². The predicted molar refractivity (Wildman–Crippen MR) is 83.3 cm³/mol. The first-order valence-electron chi connectivity index (χ1n) is 8.11. The van der Waals surface area contributed by atoms with Crippen LogP contribution in [0.5, 0.6) is 0 Å². The van der Waals surface area contributed by atoms with E-state index in [9.17, 15) is 0 Å². The van der Waals surface area contributed by atoms with Crippen LogP contribution in [0.4, 0.5) is 5.82 Å². The van der Waals surface area contributed by atoms with Gasteiger partial charge in [0.25, 0.3) is 0 Å². The predicted octanol–water partition coefficient (Wildman–Crippen LogP) is 4.63. The number of nitrogens with two attached hydrogens (primary N) is 1. The zero-order valence-corrected chi connectivity index (χ0v) is 12.8. The molecule has 0 amide bonds. The first-order valence-corrected chi connectivity index (χ1v) is 8.11. The number of H-pyrrole nitrogens is 1. The van der Waals surface area contributed by atoms with Gasteiger partial charge in [0, 0.05) is 11.3 Å². The Labute approximate surface area is 118 Å². The average Bonchev–Trinajstić information content (AvgIpc) is 2.77. The molecule has 19 heavy (non-hydrogen) atoms. The van der Waals surface area contributed by atoms with E-state index in [0.717, 1.165) is 12.8 Å². The maximum Gasteiger partial charge on any atom is 0.148 e. The summed E-state index contributed by atoms with van der Waals surface area (Å²) in [5, 5.41) is 7.17. The minimum absolute atomic E-state index is 0.688. The Morgan fingerprint density at radius 2 is 1.47 bits per heavy atom. The van der Waals surface area contributed by atoms with Crippen molar-refractivity contribution in [2.45, 2.75) is 84.5 Å². The number of aromatic nitrogens is 2. The summed E-state index contributed by atoms with van der Waals surface area (Å²) in [4.78, 5) is 0. The summed E-state index contributed by atoms with van der Waals surface area (Å²) < 4.78 is 0. The van der Waals surface area contributed by atoms with E-state index in [1.54, 1.807) is 0 Å². The number of nitrogens with zero attached hydrogens (tertiary/aromatic N) is 1. The number of aromatic amines is 1. The summed E-state index contributed by atoms with van der Waals surface area (Å²) in [7, 11) is 0. The maximum absolute atomic E-state index is 5.82. The molecule has 3 heteroatoms. The van der Waals surface area contributed by atoms with Gasteiger partial charge in [0.2, 0.25) is 0 Å². The highest BCUT2D eigenvalue weighted by Gasteiger charge is 2.07. The Morgan fingerprint density at radius 3 is 2.05 bits per heavy atom. The molecular formula is C16H31N3. The summed E-state index contributed by atoms with van der Waals surface area (Å²) >= 11 is 0. The summed E-state index contributed by atoms with van der Waals surface area (Å²) in [6.07, 6.45) is 14.4. The monoisotopic (exact) mass is 265 g/mol. The van der Waals surface area contributed by atoms with Crippen molar-refractivity contribution in [3.63, 3.8) is 0 Å². The third-order valence-corrected chi connectivity index (χ3v) is 3.87. The molecule has 3 nitrogen and oxygen atoms in total. The van der Waals surface area contributed by atoms with Crippen molar-refractivity contribution in [3.05, 3.63) is 11.3 Å². The van der Waals surface area contributed by atoms with Crippen molar-refractivity contribution in [2.24, 2.45) is 0 Å². The Kier molecular flexibility index (Phi) is 8.35. The summed E-state index contributed by atoms with van der Waals surface area (Å²) in [6, 6.07) is 0. The van der Waals surface area contributed by atoms with Gasteiger partial charge < -0.3 is 5.73 Å². The van der Waals surface area contributed by atoms with Crippen molar-refractivity contribution >= 4 is 5.82 Å². The number of nitrogen functional groups attached to an aromatic ring is 1. The van der Waals surface area contributed by atoms with Crippen LogP contribution in [-0.4, -0.2) is 10.2 Å². The molecule has 0 radical (unpaired) electrons. The van der Waals surface area contributed by atoms with E-state index < -0.39 is 0 Å². The van der Waals surface area contributed by atoms with Gasteiger partial charge >= 0.3 is 0 Å². The van der Waals surface area contributed by atoms with Crippen molar-refractivity contribution in [3.8, 4) is 0 Å². The van der Waals surface area contributed by atoms with Gasteiger partial charge in [-0.05, 0) is 19.3 Å². The molecule has 0 aromatic carbocycles. The van der Waals surface area contributed by atoms with Gasteiger partial charge in [-0.15, -0.1) is 0 Å². The fraction of sp³-hybridized carbons (Fsp3) is 0.812. The molecule has 0 bridgehead atoms. The lowest BCUT2D eigenvalue weighted by Crippen LogP contribution is -1.94. The quantitative estimate of drug-likeness (QED) is 0.573. The van der Waals surface area contributed by atoms with Crippen LogP contribution < -0.4 is 5.73 Å². The van der Waals surface area contributed by atoms with E-state index >= 15 is 0 Å². The van der Waals surface area contributed by atoms with Crippen LogP contribution in [-0.2, 0) is 12.8 Å². The lowest BCUT2D eigenvalue weighted by atomic mass is 10.0. The largest absolute Gasteiger partial charge is 0.382 e. The fourth-order valence-corrected chi connectivity index (χ4v) is 2.63. The van der Waals surface area contributed by atoms with Crippen LogP contribution in [0.1, 0.15) is 82.9 Å². The average molecular weight is 265 g/mol. The molecule has 0 unspecified atom stereocenters. The topological polar surface area (TPSA) is 54.7 Å². The Morgan fingerprint density at radius 1 is 0.895 bits per heavy atom. The highest BCUT2D eigenvalue weighted by Crippen LogP contribution is 2.17. The Bertz CT molecular complexity index is 331. The highest BCUT2D eigenvalue weighted by molar-refractivity contribution is 5.41. The number of aryl methyl sites for hydroxylation is 1. The number of rotatable bonds is 11. The van der Waals surface area contributed by atoms with Crippen LogP contribution >= 0.6 is 0 Å². The molecule has 1 aromatic rings. The van der Waals surface area contributed by atoms with Crippen LogP contribution in [0, 0.1) is 0 Å². The Hall–Kier alpha value is -0.990. The van der Waals surface area contributed by atoms with Gasteiger partial charge in [-0.1, -0.05) is 65.2 Å². The van der Waals surface area contributed by atoms with Gasteiger partial charge in [-0.2, -0.15) is 5.10 Å². The Balaban J connectivity index is 2.01. The summed E-state index contributed by atoms with van der Waals surface area (Å²) in [5.74, 6) is 0.688. The second kappa shape index (κ2) is 9.88. The number of hydrogen-bond donors (Lipinski definition) is 2. The van der Waals surface area contributed by atoms with Crippen molar-refractivity contribution < 1.29 is 0 Å². The molecule has 3 N–H and O–H groups in total. The van der Waals surface area contributed by atoms with Crippen LogP contribution in [0.2, 0.25) is 0 Å². The van der Waals surface area contributed by atoms with Crippen LogP contribution in [0.25, 0.3) is 0 Å². The number of hydrogen-bond acceptors (Lipinski definition) is 2. The summed E-state index contributed by atoms with van der Waals surface area (Å²) in [6.45, 7) is 4.41. The molecule has 0 aliphatic rings. The molecule has 1 heterocycles. The molecule has 0 atom stereocenters. The first kappa shape index (κ1) is 16.1. The smallest absolute Gasteiger partial charge is 0.148 e. The number of unbranched alkanes of at least 4 members (excludes halogenated alkanes) is 8. The molecule has 0 saturated carbocycles. The van der Waals surface area contributed by atoms with E-state index in [2.05, 4.69) is 24.0 Å². The van der Waals surface area contributed by atoms with Gasteiger partial charge in [-0.3, -0.25) is 5.10 Å². The van der Waals surface area contributed by atoms with Crippen molar-refractivity contribution in [1.82, 2.24) is 10.2 Å². The molecule has 0 fully saturated rings. The number of nitrogens with one attached hydrogen (secondary N) is 1. The van der Waals surface area contributed by atoms with Gasteiger partial charge in [-0.25, -0.2) is 0 Å². The maximum atomic E-state index is 5.82. The second-order valence-corrected chi connectivity index (χ2v) is 5.50. The van der Waals surface area contributed by atoms with Crippen LogP contribution in [0.15, 0.2) is 0 Å². The lowest BCUT2D eigenvalue weighted by Gasteiger charge is -2.03. The molecule has 1 aromatic heterocycles. The molecule has 0 saturated heterocycles. The van der Waals surface area contributed by atoms with E-state index in [0.29, 0.717) is 5.82 Å². The van der Waals surface area contributed by atoms with Gasteiger partial charge in [0.1, 0.15) is 5.82 Å². The van der Waals surface area contributed by atoms with Crippen molar-refractivity contribution in [2.75, 3.05) is 5.73 Å². The van der Waals surface area contributed by atoms with E-state index in [1.165, 1.54) is 69.0 Å². The van der Waals surface area contributed by atoms with Gasteiger partial charge in [0.05, 0.1) is 0 Å². The van der Waals surface area contributed by atoms with E-state index in [4.69, 9.17) is 5.73 Å². The van der Waals surface area contributed by atoms with Gasteiger partial charge in [0.15, 0.2) is 0 Å². The lowest BCUT2D eigenvalue weighted by molar-refractivity contribution is 0.563. The van der Waals surface area contributed by atoms with E-state index in [-0.39, 0.29) is 0 Å². The third kappa shape index (κ3) is 6.13. The highest BCUT2D eigenvalue weighted by atomic mass is 15.2. The fourth-order valence-electron chi connectivity index (χ4n) is 2.63. The molecule has 110 valence electrons. The zero-order valence-electron chi connectivity index (χ0n) is 12.8. The SMILES string of the molecule is CCCCCCCCCCCc1[nH]nc(N)c1CC. The standard InChI is InChI=1S/C16H31N3/c1-3-5-6-7-8-9-10-11-12-13-15-14(4-2)16(17)19-18-15/h3-13H2,1-2H3,(H3,17,18,19). The minimum atomic E-state index is 0.688. The minimum Gasteiger partial charge on any atom is -0.382 e. The molecule has 0 spiro atoms. The third-order valence-electron chi connectivity index (χ3n) is 3.87. The number of anilines is 1. The zero-order chi connectivity index (χ0) is 13.9. The molecule has 1 rings (SSSR count). The summed E-state index contributed by atoms with van der Waals surface area (Å²) in [5.41, 5.74) is 8.29. The van der Waals surface area contributed by atoms with E-state index in [1.807, 2.05) is 0 Å². The second-order valence-electron chi connectivity index (χ2n) is 5.50. The molecular weight excluding hydrogens is 234 g/mol. The molecule has 0 aliphatic heterocycles. The molecule has 0 aliphatic carbocycles. The first-order chi connectivity index (χ1) is 9.29.